The number of rotatable bonds is 3. The van der Waals surface area contributed by atoms with E-state index in [1.54, 1.807) is 0 Å². The molecule has 1 saturated carbocycles. The first-order chi connectivity index (χ1) is 8.55. The standard InChI is InChI=1S/C16H23ClO/c1-3-12-7-6-8-13(11-12)16(2,18)14-9-4-5-10-15(14)17/h4-5,9-10,12-13,18H,3,6-8,11H2,1-2H3. The van der Waals surface area contributed by atoms with Gasteiger partial charge < -0.3 is 5.11 Å². The van der Waals surface area contributed by atoms with Gasteiger partial charge in [-0.1, -0.05) is 56.0 Å². The van der Waals surface area contributed by atoms with Crippen molar-refractivity contribution in [2.24, 2.45) is 11.8 Å². The minimum Gasteiger partial charge on any atom is -0.385 e. The molecule has 100 valence electrons. The molecular weight excluding hydrogens is 244 g/mol. The fourth-order valence-corrected chi connectivity index (χ4v) is 3.59. The molecule has 0 bridgehead atoms. The molecule has 0 radical (unpaired) electrons. The summed E-state index contributed by atoms with van der Waals surface area (Å²) in [5, 5.41) is 11.6. The SMILES string of the molecule is CCC1CCCC(C(C)(O)c2ccccc2Cl)C1. The smallest absolute Gasteiger partial charge is 0.0910 e. The summed E-state index contributed by atoms with van der Waals surface area (Å²) in [5.74, 6) is 1.09. The van der Waals surface area contributed by atoms with Gasteiger partial charge >= 0.3 is 0 Å². The van der Waals surface area contributed by atoms with Crippen molar-refractivity contribution in [3.05, 3.63) is 34.9 Å². The van der Waals surface area contributed by atoms with E-state index in [1.807, 2.05) is 31.2 Å². The summed E-state index contributed by atoms with van der Waals surface area (Å²) in [5.41, 5.74) is 0.0834. The zero-order valence-corrected chi connectivity index (χ0v) is 12.1. The van der Waals surface area contributed by atoms with Crippen LogP contribution in [0.3, 0.4) is 0 Å². The van der Waals surface area contributed by atoms with E-state index in [0.717, 1.165) is 24.3 Å². The molecule has 0 aromatic heterocycles. The molecular formula is C16H23ClO. The minimum absolute atomic E-state index is 0.330. The van der Waals surface area contributed by atoms with Crippen LogP contribution in [0, 0.1) is 11.8 Å². The molecule has 0 amide bonds. The van der Waals surface area contributed by atoms with Crippen molar-refractivity contribution < 1.29 is 5.11 Å². The maximum absolute atomic E-state index is 10.9. The van der Waals surface area contributed by atoms with Gasteiger partial charge in [-0.3, -0.25) is 0 Å². The molecule has 1 aliphatic rings. The van der Waals surface area contributed by atoms with Crippen LogP contribution in [0.5, 0.6) is 0 Å². The van der Waals surface area contributed by atoms with Crippen LogP contribution in [-0.2, 0) is 5.60 Å². The van der Waals surface area contributed by atoms with Gasteiger partial charge in [0.25, 0.3) is 0 Å². The number of benzene rings is 1. The van der Waals surface area contributed by atoms with Crippen molar-refractivity contribution in [3.63, 3.8) is 0 Å². The van der Waals surface area contributed by atoms with Crippen LogP contribution in [0.25, 0.3) is 0 Å². The average molecular weight is 267 g/mol. The highest BCUT2D eigenvalue weighted by molar-refractivity contribution is 6.31. The van der Waals surface area contributed by atoms with Crippen LogP contribution < -0.4 is 0 Å². The van der Waals surface area contributed by atoms with E-state index in [-0.39, 0.29) is 0 Å². The van der Waals surface area contributed by atoms with Crippen molar-refractivity contribution in [2.75, 3.05) is 0 Å². The Morgan fingerprint density at radius 1 is 1.33 bits per heavy atom. The molecule has 1 nitrogen and oxygen atoms in total. The first-order valence-electron chi connectivity index (χ1n) is 7.03. The lowest BCUT2D eigenvalue weighted by Gasteiger charge is -2.39. The van der Waals surface area contributed by atoms with Gasteiger partial charge in [-0.2, -0.15) is 0 Å². The molecule has 3 unspecified atom stereocenters. The topological polar surface area (TPSA) is 20.2 Å². The zero-order chi connectivity index (χ0) is 13.2. The van der Waals surface area contributed by atoms with Crippen LogP contribution in [0.15, 0.2) is 24.3 Å². The van der Waals surface area contributed by atoms with Crippen LogP contribution in [0.2, 0.25) is 5.02 Å². The number of aliphatic hydroxyl groups is 1. The van der Waals surface area contributed by atoms with Crippen molar-refractivity contribution >= 4 is 11.6 Å². The highest BCUT2D eigenvalue weighted by atomic mass is 35.5. The van der Waals surface area contributed by atoms with Gasteiger partial charge in [0.1, 0.15) is 0 Å². The highest BCUT2D eigenvalue weighted by Crippen LogP contribution is 2.43. The van der Waals surface area contributed by atoms with Gasteiger partial charge in [-0.15, -0.1) is 0 Å². The maximum atomic E-state index is 10.9. The monoisotopic (exact) mass is 266 g/mol. The molecule has 1 fully saturated rings. The second-order valence-electron chi connectivity index (χ2n) is 5.77. The Bertz CT molecular complexity index is 400. The quantitative estimate of drug-likeness (QED) is 0.836. The van der Waals surface area contributed by atoms with Crippen molar-refractivity contribution in [2.45, 2.75) is 51.6 Å². The molecule has 0 aliphatic heterocycles. The third kappa shape index (κ3) is 2.73. The van der Waals surface area contributed by atoms with E-state index in [9.17, 15) is 5.11 Å². The molecule has 0 heterocycles. The van der Waals surface area contributed by atoms with Crippen LogP contribution in [-0.4, -0.2) is 5.11 Å². The lowest BCUT2D eigenvalue weighted by molar-refractivity contribution is -0.0311. The van der Waals surface area contributed by atoms with Gasteiger partial charge in [0.2, 0.25) is 0 Å². The Kier molecular flexibility index (Phi) is 4.34. The molecule has 0 saturated heterocycles. The van der Waals surface area contributed by atoms with Gasteiger partial charge in [0.05, 0.1) is 5.60 Å². The summed E-state index contributed by atoms with van der Waals surface area (Å²) < 4.78 is 0. The molecule has 3 atom stereocenters. The van der Waals surface area contributed by atoms with Crippen molar-refractivity contribution in [1.82, 2.24) is 0 Å². The molecule has 0 spiro atoms. The van der Waals surface area contributed by atoms with Crippen LogP contribution in [0.4, 0.5) is 0 Å². The Hall–Kier alpha value is -0.530. The predicted molar refractivity (Wildman–Crippen MR) is 76.8 cm³/mol. The molecule has 1 aromatic carbocycles. The number of hydrogen-bond donors (Lipinski definition) is 1. The fourth-order valence-electron chi connectivity index (χ4n) is 3.26. The Labute approximate surface area is 115 Å². The largest absolute Gasteiger partial charge is 0.385 e. The molecule has 2 rings (SSSR count). The van der Waals surface area contributed by atoms with Crippen molar-refractivity contribution in [1.29, 1.82) is 0 Å². The average Bonchev–Trinajstić information content (AvgIpc) is 2.39. The lowest BCUT2D eigenvalue weighted by atomic mass is 9.70. The Morgan fingerprint density at radius 3 is 2.72 bits per heavy atom. The van der Waals surface area contributed by atoms with E-state index in [4.69, 9.17) is 11.6 Å². The number of hydrogen-bond acceptors (Lipinski definition) is 1. The summed E-state index contributed by atoms with van der Waals surface area (Å²) in [6.07, 6.45) is 5.98. The van der Waals surface area contributed by atoms with E-state index >= 15 is 0 Å². The van der Waals surface area contributed by atoms with Gasteiger partial charge in [0.15, 0.2) is 0 Å². The van der Waals surface area contributed by atoms with E-state index in [1.165, 1.54) is 19.3 Å². The highest BCUT2D eigenvalue weighted by Gasteiger charge is 2.37. The summed E-state index contributed by atoms with van der Waals surface area (Å²) in [6.45, 7) is 4.17. The first kappa shape index (κ1) is 13.9. The first-order valence-corrected chi connectivity index (χ1v) is 7.40. The van der Waals surface area contributed by atoms with E-state index in [2.05, 4.69) is 6.92 Å². The second kappa shape index (κ2) is 5.63. The van der Waals surface area contributed by atoms with E-state index < -0.39 is 5.60 Å². The van der Waals surface area contributed by atoms with Gasteiger partial charge in [0, 0.05) is 10.6 Å². The third-order valence-electron chi connectivity index (χ3n) is 4.57. The molecule has 1 aliphatic carbocycles. The number of halogens is 1. The minimum atomic E-state index is -0.799. The van der Waals surface area contributed by atoms with Crippen molar-refractivity contribution in [3.8, 4) is 0 Å². The summed E-state index contributed by atoms with van der Waals surface area (Å²) in [4.78, 5) is 0. The lowest BCUT2D eigenvalue weighted by Crippen LogP contribution is -2.35. The zero-order valence-electron chi connectivity index (χ0n) is 11.3. The maximum Gasteiger partial charge on any atom is 0.0910 e. The Morgan fingerprint density at radius 2 is 2.06 bits per heavy atom. The third-order valence-corrected chi connectivity index (χ3v) is 4.90. The second-order valence-corrected chi connectivity index (χ2v) is 6.17. The normalized spacial score (nSPS) is 27.8. The summed E-state index contributed by atoms with van der Waals surface area (Å²) in [6, 6.07) is 7.69. The molecule has 1 aromatic rings. The van der Waals surface area contributed by atoms with Gasteiger partial charge in [-0.25, -0.2) is 0 Å². The molecule has 2 heteroatoms. The van der Waals surface area contributed by atoms with Gasteiger partial charge in [-0.05, 0) is 37.7 Å². The van der Waals surface area contributed by atoms with Crippen LogP contribution >= 0.6 is 11.6 Å². The fraction of sp³-hybridized carbons (Fsp3) is 0.625. The predicted octanol–water partition coefficient (Wildman–Crippen LogP) is 4.76. The van der Waals surface area contributed by atoms with Crippen LogP contribution in [0.1, 0.15) is 51.5 Å². The molecule has 1 N–H and O–H groups in total. The summed E-state index contributed by atoms with van der Waals surface area (Å²) >= 11 is 6.24. The molecule has 18 heavy (non-hydrogen) atoms. The summed E-state index contributed by atoms with van der Waals surface area (Å²) in [7, 11) is 0. The Balaban J connectivity index is 2.22. The van der Waals surface area contributed by atoms with E-state index in [0.29, 0.717) is 10.9 Å².